The standard InChI is InChI=1S/C24H44O11/c1-2-3-4-5-6-7-8-9-10-14(27)11-15-18(28)21(31)23(17(13-26)33-15)35-24-22(32)20(30)19(29)16(12-25)34-24/h15-26,28-32H,2-13H2,1H3/t15-,16-,17-,18+,19-,20+,21-,22-,23-,24+/m1/s1. The first-order chi connectivity index (χ1) is 16.7. The molecule has 35 heavy (non-hydrogen) atoms. The summed E-state index contributed by atoms with van der Waals surface area (Å²) in [5.74, 6) is -0.114. The van der Waals surface area contributed by atoms with Crippen molar-refractivity contribution in [2.24, 2.45) is 0 Å². The van der Waals surface area contributed by atoms with Crippen molar-refractivity contribution >= 4 is 5.78 Å². The van der Waals surface area contributed by atoms with E-state index in [1.165, 1.54) is 25.7 Å². The third-order valence-corrected chi connectivity index (χ3v) is 6.84. The Balaban J connectivity index is 1.84. The van der Waals surface area contributed by atoms with Crippen molar-refractivity contribution in [1.29, 1.82) is 0 Å². The molecule has 0 amide bonds. The first kappa shape index (κ1) is 30.5. The highest BCUT2D eigenvalue weighted by Crippen LogP contribution is 2.30. The highest BCUT2D eigenvalue weighted by Gasteiger charge is 2.50. The summed E-state index contributed by atoms with van der Waals surface area (Å²) in [5, 5.41) is 70.3. The molecule has 2 aliphatic heterocycles. The van der Waals surface area contributed by atoms with Gasteiger partial charge in [0.05, 0.1) is 19.3 Å². The summed E-state index contributed by atoms with van der Waals surface area (Å²) < 4.78 is 16.5. The zero-order chi connectivity index (χ0) is 26.0. The molecular weight excluding hydrogens is 464 g/mol. The molecule has 0 aromatic rings. The van der Waals surface area contributed by atoms with Crippen molar-refractivity contribution in [2.75, 3.05) is 13.2 Å². The molecule has 0 aliphatic carbocycles. The van der Waals surface area contributed by atoms with Crippen LogP contribution in [0.1, 0.15) is 71.1 Å². The van der Waals surface area contributed by atoms with Gasteiger partial charge in [-0.1, -0.05) is 51.9 Å². The van der Waals surface area contributed by atoms with Crippen molar-refractivity contribution in [2.45, 2.75) is 132 Å². The lowest BCUT2D eigenvalue weighted by Gasteiger charge is -2.46. The maximum Gasteiger partial charge on any atom is 0.187 e. The molecule has 0 bridgehead atoms. The second-order valence-electron chi connectivity index (χ2n) is 9.64. The van der Waals surface area contributed by atoms with E-state index in [4.69, 9.17) is 14.2 Å². The smallest absolute Gasteiger partial charge is 0.187 e. The van der Waals surface area contributed by atoms with E-state index in [9.17, 15) is 40.5 Å². The number of carbonyl (C=O) groups excluding carboxylic acids is 1. The zero-order valence-corrected chi connectivity index (χ0v) is 20.5. The fourth-order valence-corrected chi connectivity index (χ4v) is 4.62. The Hall–Kier alpha value is -0.730. The summed E-state index contributed by atoms with van der Waals surface area (Å²) in [5.41, 5.74) is 0. The van der Waals surface area contributed by atoms with Gasteiger partial charge in [-0.25, -0.2) is 0 Å². The third kappa shape index (κ3) is 8.67. The van der Waals surface area contributed by atoms with Gasteiger partial charge in [0, 0.05) is 12.8 Å². The fourth-order valence-electron chi connectivity index (χ4n) is 4.62. The van der Waals surface area contributed by atoms with Gasteiger partial charge in [-0.3, -0.25) is 4.79 Å². The quantitative estimate of drug-likeness (QED) is 0.137. The molecule has 0 unspecified atom stereocenters. The molecule has 11 nitrogen and oxygen atoms in total. The number of aliphatic hydroxyl groups is 7. The Bertz CT molecular complexity index is 602. The van der Waals surface area contributed by atoms with Crippen LogP contribution in [0.3, 0.4) is 0 Å². The molecule has 11 heteroatoms. The summed E-state index contributed by atoms with van der Waals surface area (Å²) in [6, 6.07) is 0. The molecule has 2 saturated heterocycles. The molecule has 206 valence electrons. The Kier molecular flexibility index (Phi) is 13.5. The van der Waals surface area contributed by atoms with Gasteiger partial charge in [0.15, 0.2) is 6.29 Å². The predicted molar refractivity (Wildman–Crippen MR) is 123 cm³/mol. The maximum atomic E-state index is 12.4. The van der Waals surface area contributed by atoms with Crippen LogP contribution in [0.25, 0.3) is 0 Å². The molecule has 7 N–H and O–H groups in total. The van der Waals surface area contributed by atoms with Crippen LogP contribution >= 0.6 is 0 Å². The van der Waals surface area contributed by atoms with E-state index < -0.39 is 74.4 Å². The summed E-state index contributed by atoms with van der Waals surface area (Å²) in [7, 11) is 0. The lowest BCUT2D eigenvalue weighted by molar-refractivity contribution is -0.341. The molecule has 2 heterocycles. The van der Waals surface area contributed by atoms with Crippen LogP contribution < -0.4 is 0 Å². The monoisotopic (exact) mass is 508 g/mol. The Morgan fingerprint density at radius 3 is 1.86 bits per heavy atom. The Labute approximate surface area is 206 Å². The number of carbonyl (C=O) groups is 1. The van der Waals surface area contributed by atoms with Gasteiger partial charge in [0.2, 0.25) is 0 Å². The first-order valence-corrected chi connectivity index (χ1v) is 12.8. The summed E-state index contributed by atoms with van der Waals surface area (Å²) >= 11 is 0. The minimum atomic E-state index is -1.72. The van der Waals surface area contributed by atoms with Crippen LogP contribution in [-0.4, -0.2) is 116 Å². The lowest BCUT2D eigenvalue weighted by atomic mass is 9.91. The average molecular weight is 509 g/mol. The van der Waals surface area contributed by atoms with Crippen molar-refractivity contribution in [3.63, 3.8) is 0 Å². The zero-order valence-electron chi connectivity index (χ0n) is 20.5. The van der Waals surface area contributed by atoms with Crippen LogP contribution in [0.15, 0.2) is 0 Å². The van der Waals surface area contributed by atoms with E-state index in [0.717, 1.165) is 25.7 Å². The second-order valence-corrected chi connectivity index (χ2v) is 9.64. The van der Waals surface area contributed by atoms with Crippen LogP contribution in [0.4, 0.5) is 0 Å². The topological polar surface area (TPSA) is 186 Å². The molecule has 2 rings (SSSR count). The van der Waals surface area contributed by atoms with Crippen LogP contribution in [0, 0.1) is 0 Å². The number of hydrogen-bond acceptors (Lipinski definition) is 11. The first-order valence-electron chi connectivity index (χ1n) is 12.8. The molecule has 2 aliphatic rings. The highest BCUT2D eigenvalue weighted by molar-refractivity contribution is 5.78. The Morgan fingerprint density at radius 2 is 1.26 bits per heavy atom. The minimum absolute atomic E-state index is 0.114. The predicted octanol–water partition coefficient (Wildman–Crippen LogP) is -0.857. The lowest BCUT2D eigenvalue weighted by Crippen LogP contribution is -2.64. The third-order valence-electron chi connectivity index (χ3n) is 6.84. The van der Waals surface area contributed by atoms with Crippen LogP contribution in [-0.2, 0) is 19.0 Å². The van der Waals surface area contributed by atoms with Crippen molar-refractivity contribution in [3.05, 3.63) is 0 Å². The van der Waals surface area contributed by atoms with E-state index in [2.05, 4.69) is 6.92 Å². The van der Waals surface area contributed by atoms with Gasteiger partial charge in [0.1, 0.15) is 54.6 Å². The van der Waals surface area contributed by atoms with E-state index in [1.807, 2.05) is 0 Å². The van der Waals surface area contributed by atoms with Gasteiger partial charge in [0.25, 0.3) is 0 Å². The number of unbranched alkanes of at least 4 members (excludes halogenated alkanes) is 7. The van der Waals surface area contributed by atoms with Gasteiger partial charge < -0.3 is 50.0 Å². The number of hydrogen-bond donors (Lipinski definition) is 7. The van der Waals surface area contributed by atoms with E-state index in [1.54, 1.807) is 0 Å². The number of aliphatic hydroxyl groups excluding tert-OH is 7. The summed E-state index contributed by atoms with van der Waals surface area (Å²) in [6.07, 6.45) is -5.43. The molecule has 0 spiro atoms. The number of ketones is 1. The van der Waals surface area contributed by atoms with Crippen LogP contribution in [0.2, 0.25) is 0 Å². The molecule has 10 atom stereocenters. The normalized spacial score (nSPS) is 37.9. The van der Waals surface area contributed by atoms with Gasteiger partial charge in [-0.05, 0) is 6.42 Å². The molecule has 2 fully saturated rings. The Morgan fingerprint density at radius 1 is 0.686 bits per heavy atom. The average Bonchev–Trinajstić information content (AvgIpc) is 2.85. The SMILES string of the molecule is CCCCCCCCCCC(=O)C[C@H]1O[C@H](CO)[C@@H](O[C@@H]2O[C@H](CO)[C@@H](O)[C@H](O)[C@H]2O)[C@H](O)[C@H]1O. The van der Waals surface area contributed by atoms with E-state index in [-0.39, 0.29) is 12.2 Å². The van der Waals surface area contributed by atoms with Gasteiger partial charge >= 0.3 is 0 Å². The molecule has 0 aromatic carbocycles. The minimum Gasteiger partial charge on any atom is -0.394 e. The van der Waals surface area contributed by atoms with Crippen molar-refractivity contribution in [3.8, 4) is 0 Å². The number of rotatable bonds is 15. The number of Topliss-reactive ketones (excluding diaryl/α,β-unsaturated/α-hetero) is 1. The van der Waals surface area contributed by atoms with Crippen molar-refractivity contribution < 1.29 is 54.8 Å². The molecule has 0 aromatic heterocycles. The van der Waals surface area contributed by atoms with E-state index in [0.29, 0.717) is 6.42 Å². The molecular formula is C24H44O11. The van der Waals surface area contributed by atoms with E-state index >= 15 is 0 Å². The molecule has 0 saturated carbocycles. The van der Waals surface area contributed by atoms with Gasteiger partial charge in [-0.2, -0.15) is 0 Å². The molecule has 0 radical (unpaired) electrons. The second kappa shape index (κ2) is 15.5. The summed E-state index contributed by atoms with van der Waals surface area (Å²) in [6.45, 7) is 0.895. The highest BCUT2D eigenvalue weighted by atomic mass is 16.7. The van der Waals surface area contributed by atoms with Crippen LogP contribution in [0.5, 0.6) is 0 Å². The fraction of sp³-hybridized carbons (Fsp3) is 0.958. The summed E-state index contributed by atoms with van der Waals surface area (Å²) in [4.78, 5) is 12.4. The largest absolute Gasteiger partial charge is 0.394 e. The van der Waals surface area contributed by atoms with Gasteiger partial charge in [-0.15, -0.1) is 0 Å². The van der Waals surface area contributed by atoms with Crippen molar-refractivity contribution in [1.82, 2.24) is 0 Å². The maximum absolute atomic E-state index is 12.4. The number of ether oxygens (including phenoxy) is 3.